The lowest BCUT2D eigenvalue weighted by molar-refractivity contribution is -0.121. The minimum atomic E-state index is -0.410. The molecular weight excluding hydrogens is 340 g/mol. The van der Waals surface area contributed by atoms with Gasteiger partial charge in [-0.1, -0.05) is 35.9 Å². The second-order valence-electron chi connectivity index (χ2n) is 5.54. The molecule has 0 saturated heterocycles. The number of aryl methyl sites for hydroxylation is 1. The maximum atomic E-state index is 12.1. The molecule has 0 atom stereocenters. The highest BCUT2D eigenvalue weighted by Gasteiger charge is 2.12. The third kappa shape index (κ3) is 6.12. The fraction of sp³-hybridized carbons (Fsp3) is 0.263. The monoisotopic (exact) mass is 360 g/mol. The molecule has 2 aromatic carbocycles. The first-order valence-corrected chi connectivity index (χ1v) is 8.44. The van der Waals surface area contributed by atoms with Gasteiger partial charge >= 0.3 is 0 Å². The quantitative estimate of drug-likeness (QED) is 0.586. The van der Waals surface area contributed by atoms with E-state index in [1.54, 1.807) is 24.3 Å². The summed E-state index contributed by atoms with van der Waals surface area (Å²) in [5.41, 5.74) is 6.39. The average Bonchev–Trinajstić information content (AvgIpc) is 2.64. The number of amides is 2. The molecule has 0 saturated carbocycles. The highest BCUT2D eigenvalue weighted by molar-refractivity contribution is 6.30. The number of hydrazine groups is 1. The molecule has 0 unspecified atom stereocenters. The molecule has 25 heavy (non-hydrogen) atoms. The molecule has 0 heterocycles. The number of methoxy groups -OCH3 is 1. The second-order valence-corrected chi connectivity index (χ2v) is 5.97. The maximum absolute atomic E-state index is 12.1. The Kier molecular flexibility index (Phi) is 7.29. The van der Waals surface area contributed by atoms with Crippen LogP contribution in [-0.2, 0) is 11.2 Å². The van der Waals surface area contributed by atoms with Crippen molar-refractivity contribution in [3.63, 3.8) is 0 Å². The molecule has 132 valence electrons. The van der Waals surface area contributed by atoms with Crippen molar-refractivity contribution in [2.45, 2.75) is 25.7 Å². The van der Waals surface area contributed by atoms with Gasteiger partial charge in [0.05, 0.1) is 12.7 Å². The van der Waals surface area contributed by atoms with E-state index >= 15 is 0 Å². The number of para-hydroxylation sites is 1. The summed E-state index contributed by atoms with van der Waals surface area (Å²) in [5.74, 6) is -0.177. The van der Waals surface area contributed by atoms with E-state index in [-0.39, 0.29) is 5.91 Å². The van der Waals surface area contributed by atoms with E-state index in [2.05, 4.69) is 10.9 Å². The van der Waals surface area contributed by atoms with Crippen molar-refractivity contribution >= 4 is 23.4 Å². The van der Waals surface area contributed by atoms with Crippen LogP contribution < -0.4 is 15.6 Å². The largest absolute Gasteiger partial charge is 0.496 e. The van der Waals surface area contributed by atoms with Crippen molar-refractivity contribution < 1.29 is 14.3 Å². The zero-order valence-corrected chi connectivity index (χ0v) is 14.8. The molecule has 2 aromatic rings. The van der Waals surface area contributed by atoms with Crippen LogP contribution in [0.15, 0.2) is 48.5 Å². The number of hydrogen-bond acceptors (Lipinski definition) is 3. The van der Waals surface area contributed by atoms with E-state index in [0.717, 1.165) is 19.3 Å². The van der Waals surface area contributed by atoms with Gasteiger partial charge in [-0.15, -0.1) is 0 Å². The summed E-state index contributed by atoms with van der Waals surface area (Å²) in [5, 5.41) is 0.717. The molecule has 0 radical (unpaired) electrons. The molecule has 0 bridgehead atoms. The summed E-state index contributed by atoms with van der Waals surface area (Å²) in [7, 11) is 1.49. The molecule has 2 N–H and O–H groups in total. The van der Waals surface area contributed by atoms with Gasteiger partial charge in [-0.3, -0.25) is 20.4 Å². The highest BCUT2D eigenvalue weighted by Crippen LogP contribution is 2.16. The molecule has 2 rings (SSSR count). The maximum Gasteiger partial charge on any atom is 0.273 e. The topological polar surface area (TPSA) is 67.4 Å². The minimum Gasteiger partial charge on any atom is -0.496 e. The molecule has 0 aliphatic carbocycles. The first kappa shape index (κ1) is 18.8. The summed E-state index contributed by atoms with van der Waals surface area (Å²) in [6, 6.07) is 14.5. The van der Waals surface area contributed by atoms with Gasteiger partial charge in [-0.05, 0) is 49.1 Å². The van der Waals surface area contributed by atoms with Gasteiger partial charge in [-0.25, -0.2) is 0 Å². The van der Waals surface area contributed by atoms with Gasteiger partial charge in [0.2, 0.25) is 5.91 Å². The van der Waals surface area contributed by atoms with Crippen molar-refractivity contribution in [2.75, 3.05) is 7.11 Å². The number of rotatable bonds is 7. The van der Waals surface area contributed by atoms with Crippen LogP contribution in [-0.4, -0.2) is 18.9 Å². The SMILES string of the molecule is COc1ccccc1C(=O)NNC(=O)CCCCc1ccc(Cl)cc1. The van der Waals surface area contributed by atoms with Crippen molar-refractivity contribution in [1.82, 2.24) is 10.9 Å². The number of unbranched alkanes of at least 4 members (excludes halogenated alkanes) is 1. The molecule has 0 fully saturated rings. The Morgan fingerprint density at radius 3 is 2.44 bits per heavy atom. The van der Waals surface area contributed by atoms with Crippen molar-refractivity contribution in [1.29, 1.82) is 0 Å². The summed E-state index contributed by atoms with van der Waals surface area (Å²) in [4.78, 5) is 23.9. The number of carbonyl (C=O) groups excluding carboxylic acids is 2. The number of benzene rings is 2. The lowest BCUT2D eigenvalue weighted by atomic mass is 10.1. The molecular formula is C19H21ClN2O3. The van der Waals surface area contributed by atoms with Crippen LogP contribution in [0.5, 0.6) is 5.75 Å². The van der Waals surface area contributed by atoms with Crippen LogP contribution in [0, 0.1) is 0 Å². The summed E-state index contributed by atoms with van der Waals surface area (Å²) in [6.45, 7) is 0. The van der Waals surface area contributed by atoms with Crippen molar-refractivity contribution in [3.8, 4) is 5.75 Å². The van der Waals surface area contributed by atoms with E-state index in [1.807, 2.05) is 24.3 Å². The van der Waals surface area contributed by atoms with Gasteiger partial charge in [-0.2, -0.15) is 0 Å². The van der Waals surface area contributed by atoms with E-state index in [9.17, 15) is 9.59 Å². The van der Waals surface area contributed by atoms with E-state index in [0.29, 0.717) is 22.8 Å². The number of hydrogen-bond donors (Lipinski definition) is 2. The van der Waals surface area contributed by atoms with Crippen LogP contribution >= 0.6 is 11.6 Å². The predicted molar refractivity (Wildman–Crippen MR) is 97.6 cm³/mol. The van der Waals surface area contributed by atoms with Crippen LogP contribution in [0.1, 0.15) is 35.2 Å². The lowest BCUT2D eigenvalue weighted by Crippen LogP contribution is -2.41. The number of ether oxygens (including phenoxy) is 1. The number of nitrogens with one attached hydrogen (secondary N) is 2. The highest BCUT2D eigenvalue weighted by atomic mass is 35.5. The van der Waals surface area contributed by atoms with Gasteiger partial charge in [0, 0.05) is 11.4 Å². The third-order valence-electron chi connectivity index (χ3n) is 3.70. The second kappa shape index (κ2) is 9.69. The van der Waals surface area contributed by atoms with Gasteiger partial charge < -0.3 is 4.74 Å². The molecule has 0 aliphatic heterocycles. The van der Waals surface area contributed by atoms with E-state index < -0.39 is 5.91 Å². The van der Waals surface area contributed by atoms with Crippen LogP contribution in [0.4, 0.5) is 0 Å². The zero-order valence-electron chi connectivity index (χ0n) is 14.0. The van der Waals surface area contributed by atoms with E-state index in [1.165, 1.54) is 12.7 Å². The van der Waals surface area contributed by atoms with Crippen LogP contribution in [0.2, 0.25) is 5.02 Å². The van der Waals surface area contributed by atoms with Crippen LogP contribution in [0.3, 0.4) is 0 Å². The van der Waals surface area contributed by atoms with Gasteiger partial charge in [0.15, 0.2) is 0 Å². The molecule has 0 aliphatic rings. The fourth-order valence-corrected chi connectivity index (χ4v) is 2.48. The van der Waals surface area contributed by atoms with Gasteiger partial charge in [0.1, 0.15) is 5.75 Å². The normalized spacial score (nSPS) is 10.2. The Hall–Kier alpha value is -2.53. The molecule has 0 aromatic heterocycles. The molecule has 2 amide bonds. The molecule has 0 spiro atoms. The summed E-state index contributed by atoms with van der Waals surface area (Å²) in [6.07, 6.45) is 2.85. The Bertz CT molecular complexity index is 717. The van der Waals surface area contributed by atoms with Gasteiger partial charge in [0.25, 0.3) is 5.91 Å². The third-order valence-corrected chi connectivity index (χ3v) is 3.95. The average molecular weight is 361 g/mol. The predicted octanol–water partition coefficient (Wildman–Crippen LogP) is 3.52. The van der Waals surface area contributed by atoms with Crippen molar-refractivity contribution in [3.05, 3.63) is 64.7 Å². The number of carbonyl (C=O) groups is 2. The lowest BCUT2D eigenvalue weighted by Gasteiger charge is -2.10. The van der Waals surface area contributed by atoms with E-state index in [4.69, 9.17) is 16.3 Å². The Morgan fingerprint density at radius 1 is 1.00 bits per heavy atom. The summed E-state index contributed by atoms with van der Waals surface area (Å²) >= 11 is 5.84. The first-order chi connectivity index (χ1) is 12.1. The molecule has 6 heteroatoms. The zero-order chi connectivity index (χ0) is 18.1. The molecule has 5 nitrogen and oxygen atoms in total. The van der Waals surface area contributed by atoms with Crippen molar-refractivity contribution in [2.24, 2.45) is 0 Å². The number of halogens is 1. The smallest absolute Gasteiger partial charge is 0.273 e. The van der Waals surface area contributed by atoms with Crippen LogP contribution in [0.25, 0.3) is 0 Å². The Morgan fingerprint density at radius 2 is 1.72 bits per heavy atom. The first-order valence-electron chi connectivity index (χ1n) is 8.07. The summed E-state index contributed by atoms with van der Waals surface area (Å²) < 4.78 is 5.12. The fourth-order valence-electron chi connectivity index (χ4n) is 2.35. The Balaban J connectivity index is 1.68. The minimum absolute atomic E-state index is 0.223. The standard InChI is InChI=1S/C19H21ClN2O3/c1-25-17-8-4-3-7-16(17)19(24)22-21-18(23)9-5-2-6-14-10-12-15(20)13-11-14/h3-4,7-8,10-13H,2,5-6,9H2,1H3,(H,21,23)(H,22,24). The Labute approximate surface area is 152 Å².